The van der Waals surface area contributed by atoms with Gasteiger partial charge >= 0.3 is 7.12 Å². The molecule has 220 valence electrons. The number of hydrogen-bond donors (Lipinski definition) is 1. The molecule has 0 radical (unpaired) electrons. The standard InChI is InChI=1S/C29H40BFN2O5.C2H6/c1-18-13-19(2)15-21(14-18)26(35)33(17-27(3,4)5)32-25(34)22-12-11-20(16-36-10)23(24(22)31)30-37-28(6,7)29(8,9)38-30;1-2/h11-15H,16-17H2,1-10H3,(H,32,34);1-2H3. The second-order valence-electron chi connectivity index (χ2n) is 12.3. The number of benzene rings is 2. The van der Waals surface area contributed by atoms with Gasteiger partial charge in [0.15, 0.2) is 0 Å². The van der Waals surface area contributed by atoms with Crippen molar-refractivity contribution in [3.63, 3.8) is 0 Å². The Balaban J connectivity index is 0.00000274. The minimum absolute atomic E-state index is 0.111. The number of aryl methyl sites for hydroxylation is 2. The van der Waals surface area contributed by atoms with Crippen LogP contribution in [0, 0.1) is 25.1 Å². The first kappa shape index (κ1) is 33.5. The molecule has 0 saturated carbocycles. The fraction of sp³-hybridized carbons (Fsp3) is 0.548. The zero-order chi connectivity index (χ0) is 30.6. The van der Waals surface area contributed by atoms with E-state index in [1.54, 1.807) is 18.2 Å². The monoisotopic (exact) mass is 556 g/mol. The third kappa shape index (κ3) is 7.71. The SMILES string of the molecule is CC.COCc1ccc(C(=O)NN(CC(C)(C)C)C(=O)c2cc(C)cc(C)c2)c(F)c1B1OC(C)(C)C(C)(C)O1. The molecule has 2 amide bonds. The van der Waals surface area contributed by atoms with Crippen LogP contribution in [0.15, 0.2) is 30.3 Å². The lowest BCUT2D eigenvalue weighted by Gasteiger charge is -2.32. The van der Waals surface area contributed by atoms with Gasteiger partial charge in [-0.15, -0.1) is 0 Å². The van der Waals surface area contributed by atoms with Crippen molar-refractivity contribution >= 4 is 24.4 Å². The molecule has 0 bridgehead atoms. The first-order chi connectivity index (χ1) is 18.5. The molecule has 1 aliphatic rings. The van der Waals surface area contributed by atoms with E-state index in [0.717, 1.165) is 11.1 Å². The van der Waals surface area contributed by atoms with Crippen LogP contribution in [0.3, 0.4) is 0 Å². The lowest BCUT2D eigenvalue weighted by Crippen LogP contribution is -2.50. The van der Waals surface area contributed by atoms with Crippen molar-refractivity contribution in [1.29, 1.82) is 0 Å². The van der Waals surface area contributed by atoms with Gasteiger partial charge in [0.1, 0.15) is 5.82 Å². The first-order valence-electron chi connectivity index (χ1n) is 13.8. The van der Waals surface area contributed by atoms with Crippen molar-refractivity contribution in [3.8, 4) is 0 Å². The number of carbonyl (C=O) groups excluding carboxylic acids is 2. The molecule has 0 aromatic heterocycles. The Hall–Kier alpha value is -2.75. The highest BCUT2D eigenvalue weighted by molar-refractivity contribution is 6.63. The van der Waals surface area contributed by atoms with E-state index >= 15 is 4.39 Å². The lowest BCUT2D eigenvalue weighted by molar-refractivity contribution is 0.00578. The van der Waals surface area contributed by atoms with Crippen LogP contribution < -0.4 is 10.9 Å². The van der Waals surface area contributed by atoms with E-state index in [-0.39, 0.29) is 35.5 Å². The van der Waals surface area contributed by atoms with Crippen molar-refractivity contribution in [3.05, 3.63) is 64.0 Å². The molecule has 7 nitrogen and oxygen atoms in total. The van der Waals surface area contributed by atoms with Crippen LogP contribution in [0.4, 0.5) is 4.39 Å². The number of nitrogens with one attached hydrogen (secondary N) is 1. The van der Waals surface area contributed by atoms with Crippen molar-refractivity contribution in [1.82, 2.24) is 10.4 Å². The summed E-state index contributed by atoms with van der Waals surface area (Å²) in [7, 11) is 0.482. The van der Waals surface area contributed by atoms with Crippen LogP contribution in [0.1, 0.15) is 99.7 Å². The molecule has 1 N–H and O–H groups in total. The quantitative estimate of drug-likeness (QED) is 0.362. The molecule has 1 saturated heterocycles. The van der Waals surface area contributed by atoms with Crippen LogP contribution in [-0.4, -0.2) is 48.8 Å². The Kier molecular flexibility index (Phi) is 10.7. The number of carbonyl (C=O) groups is 2. The van der Waals surface area contributed by atoms with Crippen LogP contribution in [0.25, 0.3) is 0 Å². The van der Waals surface area contributed by atoms with Gasteiger partial charge in [-0.3, -0.25) is 15.0 Å². The Morgan fingerprint density at radius 2 is 1.52 bits per heavy atom. The van der Waals surface area contributed by atoms with E-state index < -0.39 is 30.0 Å². The Morgan fingerprint density at radius 1 is 1.00 bits per heavy atom. The van der Waals surface area contributed by atoms with Gasteiger partial charge < -0.3 is 14.0 Å². The maximum Gasteiger partial charge on any atom is 0.498 e. The lowest BCUT2D eigenvalue weighted by atomic mass is 9.74. The minimum atomic E-state index is -1.03. The second-order valence-corrected chi connectivity index (χ2v) is 12.3. The number of halogens is 1. The van der Waals surface area contributed by atoms with Crippen LogP contribution in [0.5, 0.6) is 0 Å². The van der Waals surface area contributed by atoms with Gasteiger partial charge in [0.05, 0.1) is 23.4 Å². The third-order valence-corrected chi connectivity index (χ3v) is 6.89. The predicted octanol–water partition coefficient (Wildman–Crippen LogP) is 5.75. The summed E-state index contributed by atoms with van der Waals surface area (Å²) in [5, 5.41) is 1.26. The number of hydrogen-bond acceptors (Lipinski definition) is 5. The van der Waals surface area contributed by atoms with Gasteiger partial charge in [-0.05, 0) is 70.7 Å². The van der Waals surface area contributed by atoms with Gasteiger partial charge in [-0.2, -0.15) is 0 Å². The van der Waals surface area contributed by atoms with Crippen LogP contribution >= 0.6 is 0 Å². The molecular formula is C31H46BFN2O5. The fourth-order valence-corrected chi connectivity index (χ4v) is 4.38. The molecule has 3 rings (SSSR count). The van der Waals surface area contributed by atoms with Gasteiger partial charge in [-0.1, -0.05) is 57.9 Å². The fourth-order valence-electron chi connectivity index (χ4n) is 4.38. The first-order valence-corrected chi connectivity index (χ1v) is 13.8. The zero-order valence-corrected chi connectivity index (χ0v) is 26.2. The largest absolute Gasteiger partial charge is 0.498 e. The molecule has 0 spiro atoms. The summed E-state index contributed by atoms with van der Waals surface area (Å²) in [6.07, 6.45) is 0. The summed E-state index contributed by atoms with van der Waals surface area (Å²) in [6, 6.07) is 8.53. The molecule has 0 aliphatic carbocycles. The third-order valence-electron chi connectivity index (χ3n) is 6.89. The molecule has 0 unspecified atom stereocenters. The molecule has 9 heteroatoms. The van der Waals surface area contributed by atoms with E-state index in [9.17, 15) is 9.59 Å². The molecule has 2 aromatic carbocycles. The van der Waals surface area contributed by atoms with E-state index in [4.69, 9.17) is 14.0 Å². The maximum atomic E-state index is 16.1. The maximum absolute atomic E-state index is 16.1. The topological polar surface area (TPSA) is 77.1 Å². The number of nitrogens with zero attached hydrogens (tertiary/aromatic N) is 1. The van der Waals surface area contributed by atoms with Crippen LogP contribution in [-0.2, 0) is 20.7 Å². The number of methoxy groups -OCH3 is 1. The average molecular weight is 557 g/mol. The highest BCUT2D eigenvalue weighted by Crippen LogP contribution is 2.37. The molecular weight excluding hydrogens is 510 g/mol. The highest BCUT2D eigenvalue weighted by Gasteiger charge is 2.53. The van der Waals surface area contributed by atoms with Crippen molar-refractivity contribution in [2.24, 2.45) is 5.41 Å². The molecule has 2 aromatic rings. The van der Waals surface area contributed by atoms with Gasteiger partial charge in [0.2, 0.25) is 0 Å². The van der Waals surface area contributed by atoms with Gasteiger partial charge in [0, 0.05) is 24.7 Å². The molecule has 1 heterocycles. The molecule has 0 atom stereocenters. The summed E-state index contributed by atoms with van der Waals surface area (Å²) < 4.78 is 33.6. The Labute approximate surface area is 239 Å². The van der Waals surface area contributed by atoms with Crippen molar-refractivity contribution in [2.75, 3.05) is 13.7 Å². The normalized spacial score (nSPS) is 15.8. The Morgan fingerprint density at radius 3 is 2.00 bits per heavy atom. The van der Waals surface area contributed by atoms with Crippen molar-refractivity contribution < 1.29 is 28.0 Å². The van der Waals surface area contributed by atoms with E-state index in [2.05, 4.69) is 5.43 Å². The summed E-state index contributed by atoms with van der Waals surface area (Å²) in [4.78, 5) is 27.0. The molecule has 1 fully saturated rings. The van der Waals surface area contributed by atoms with E-state index in [1.807, 2.05) is 82.2 Å². The number of rotatable bonds is 6. The van der Waals surface area contributed by atoms with E-state index in [1.165, 1.54) is 18.2 Å². The number of amides is 2. The highest BCUT2D eigenvalue weighted by atomic mass is 19.1. The number of hydrazine groups is 1. The van der Waals surface area contributed by atoms with Gasteiger partial charge in [-0.25, -0.2) is 9.40 Å². The average Bonchev–Trinajstić information content (AvgIpc) is 3.04. The summed E-state index contributed by atoms with van der Waals surface area (Å²) in [5.74, 6) is -1.89. The van der Waals surface area contributed by atoms with Gasteiger partial charge in [0.25, 0.3) is 11.8 Å². The van der Waals surface area contributed by atoms with Crippen molar-refractivity contribution in [2.45, 2.75) is 94.0 Å². The smallest absolute Gasteiger partial charge is 0.399 e. The summed E-state index contributed by atoms with van der Waals surface area (Å²) in [5.41, 5.74) is 3.64. The minimum Gasteiger partial charge on any atom is -0.399 e. The second kappa shape index (κ2) is 12.8. The molecule has 1 aliphatic heterocycles. The summed E-state index contributed by atoms with van der Waals surface area (Å²) in [6.45, 7) is 21.5. The summed E-state index contributed by atoms with van der Waals surface area (Å²) >= 11 is 0. The number of ether oxygens (including phenoxy) is 1. The molecule has 40 heavy (non-hydrogen) atoms. The van der Waals surface area contributed by atoms with Crippen LogP contribution in [0.2, 0.25) is 0 Å². The Bertz CT molecular complexity index is 1190. The van der Waals surface area contributed by atoms with E-state index in [0.29, 0.717) is 11.1 Å². The predicted molar refractivity (Wildman–Crippen MR) is 158 cm³/mol. The zero-order valence-electron chi connectivity index (χ0n) is 26.2.